The zero-order valence-electron chi connectivity index (χ0n) is 7.15. The summed E-state index contributed by atoms with van der Waals surface area (Å²) >= 11 is 5.80. The quantitative estimate of drug-likeness (QED) is 0.762. The van der Waals surface area contributed by atoms with E-state index in [1.165, 1.54) is 0 Å². The average molecular weight is 187 g/mol. The molecular formula is C8H11ClN2O. The van der Waals surface area contributed by atoms with Gasteiger partial charge in [-0.2, -0.15) is 5.10 Å². The number of rotatable bonds is 2. The van der Waals surface area contributed by atoms with Gasteiger partial charge in [-0.3, -0.25) is 4.79 Å². The lowest BCUT2D eigenvalue weighted by Crippen LogP contribution is -2.16. The molecule has 0 fully saturated rings. The van der Waals surface area contributed by atoms with Crippen LogP contribution in [0.25, 0.3) is 0 Å². The second-order valence-electron chi connectivity index (χ2n) is 2.51. The highest BCUT2D eigenvalue weighted by molar-refractivity contribution is 6.30. The van der Waals surface area contributed by atoms with E-state index < -0.39 is 0 Å². The molecule has 0 saturated carbocycles. The van der Waals surface area contributed by atoms with E-state index in [1.807, 2.05) is 13.8 Å². The number of halogens is 1. The Morgan fingerprint density at radius 3 is 2.33 bits per heavy atom. The maximum Gasteiger partial charge on any atom is 0.267 e. The van der Waals surface area contributed by atoms with Crippen LogP contribution in [-0.4, -0.2) is 10.2 Å². The minimum Gasteiger partial charge on any atom is -0.268 e. The summed E-state index contributed by atoms with van der Waals surface area (Å²) < 4.78 is 0. The summed E-state index contributed by atoms with van der Waals surface area (Å²) in [6, 6.07) is 0. The van der Waals surface area contributed by atoms with Crippen LogP contribution in [0.4, 0.5) is 0 Å². The lowest BCUT2D eigenvalue weighted by Gasteiger charge is -2.03. The van der Waals surface area contributed by atoms with Gasteiger partial charge in [0.2, 0.25) is 0 Å². The molecule has 0 unspecified atom stereocenters. The molecule has 0 radical (unpaired) electrons. The molecule has 0 amide bonds. The van der Waals surface area contributed by atoms with Gasteiger partial charge < -0.3 is 0 Å². The zero-order valence-corrected chi connectivity index (χ0v) is 7.90. The van der Waals surface area contributed by atoms with Gasteiger partial charge in [0.25, 0.3) is 5.56 Å². The van der Waals surface area contributed by atoms with Gasteiger partial charge in [-0.1, -0.05) is 25.4 Å². The van der Waals surface area contributed by atoms with E-state index in [1.54, 1.807) is 0 Å². The molecule has 0 aliphatic carbocycles. The summed E-state index contributed by atoms with van der Waals surface area (Å²) in [4.78, 5) is 11.2. The predicted molar refractivity (Wildman–Crippen MR) is 48.6 cm³/mol. The molecule has 0 atom stereocenters. The summed E-state index contributed by atoms with van der Waals surface area (Å²) in [5.74, 6) is 0. The molecule has 0 saturated heterocycles. The predicted octanol–water partition coefficient (Wildman–Crippen LogP) is 1.55. The van der Waals surface area contributed by atoms with Crippen LogP contribution in [0.3, 0.4) is 0 Å². The minimum atomic E-state index is -0.126. The van der Waals surface area contributed by atoms with E-state index in [2.05, 4.69) is 10.2 Å². The number of nitrogens with one attached hydrogen (secondary N) is 1. The first-order valence-corrected chi connectivity index (χ1v) is 4.34. The van der Waals surface area contributed by atoms with Crippen LogP contribution >= 0.6 is 11.6 Å². The van der Waals surface area contributed by atoms with Crippen LogP contribution in [0.5, 0.6) is 0 Å². The topological polar surface area (TPSA) is 45.8 Å². The second kappa shape index (κ2) is 3.72. The Bertz CT molecular complexity index is 332. The Hall–Kier alpha value is -0.830. The minimum absolute atomic E-state index is 0.126. The van der Waals surface area contributed by atoms with Crippen molar-refractivity contribution in [3.05, 3.63) is 26.6 Å². The fourth-order valence-corrected chi connectivity index (χ4v) is 1.52. The molecule has 0 bridgehead atoms. The summed E-state index contributed by atoms with van der Waals surface area (Å²) in [7, 11) is 0. The molecule has 0 aliphatic heterocycles. The number of aromatic nitrogens is 2. The molecule has 3 nitrogen and oxygen atoms in total. The number of aromatic amines is 1. The van der Waals surface area contributed by atoms with Crippen molar-refractivity contribution >= 4 is 11.6 Å². The molecule has 0 aliphatic rings. The first-order valence-electron chi connectivity index (χ1n) is 3.96. The van der Waals surface area contributed by atoms with Crippen LogP contribution in [0.15, 0.2) is 4.79 Å². The van der Waals surface area contributed by atoms with Crippen molar-refractivity contribution in [3.63, 3.8) is 0 Å². The van der Waals surface area contributed by atoms with Crippen LogP contribution in [-0.2, 0) is 12.8 Å². The number of nitrogens with zero attached hydrogens (tertiary/aromatic N) is 1. The van der Waals surface area contributed by atoms with E-state index in [-0.39, 0.29) is 5.56 Å². The highest BCUT2D eigenvalue weighted by atomic mass is 35.5. The van der Waals surface area contributed by atoms with Gasteiger partial charge in [0.1, 0.15) is 0 Å². The van der Waals surface area contributed by atoms with Crippen LogP contribution in [0.2, 0.25) is 5.15 Å². The van der Waals surface area contributed by atoms with E-state index in [0.29, 0.717) is 11.6 Å². The van der Waals surface area contributed by atoms with Crippen molar-refractivity contribution < 1.29 is 0 Å². The monoisotopic (exact) mass is 186 g/mol. The van der Waals surface area contributed by atoms with Gasteiger partial charge in [-0.25, -0.2) is 5.10 Å². The van der Waals surface area contributed by atoms with E-state index in [0.717, 1.165) is 17.5 Å². The Labute approximate surface area is 75.8 Å². The highest BCUT2D eigenvalue weighted by Crippen LogP contribution is 2.14. The first kappa shape index (κ1) is 9.26. The number of hydrogen-bond acceptors (Lipinski definition) is 2. The largest absolute Gasteiger partial charge is 0.268 e. The number of hydrogen-bond donors (Lipinski definition) is 1. The van der Waals surface area contributed by atoms with Crippen molar-refractivity contribution in [2.75, 3.05) is 0 Å². The molecule has 0 spiro atoms. The highest BCUT2D eigenvalue weighted by Gasteiger charge is 2.08. The molecule has 0 aromatic carbocycles. The Kier molecular flexibility index (Phi) is 2.87. The molecule has 1 heterocycles. The zero-order chi connectivity index (χ0) is 9.14. The molecule has 12 heavy (non-hydrogen) atoms. The van der Waals surface area contributed by atoms with Crippen molar-refractivity contribution in [2.24, 2.45) is 0 Å². The molecule has 1 aromatic heterocycles. The standard InChI is InChI=1S/C8H11ClN2O/c1-3-5-6(4-2)8(12)11-10-7(5)9/h3-4H2,1-2H3,(H,11,12). The first-order chi connectivity index (χ1) is 5.70. The van der Waals surface area contributed by atoms with Crippen LogP contribution < -0.4 is 5.56 Å². The lowest BCUT2D eigenvalue weighted by molar-refractivity contribution is 0.894. The fraction of sp³-hybridized carbons (Fsp3) is 0.500. The van der Waals surface area contributed by atoms with Crippen molar-refractivity contribution in [1.82, 2.24) is 10.2 Å². The maximum absolute atomic E-state index is 11.2. The third-order valence-corrected chi connectivity index (χ3v) is 2.16. The normalized spacial score (nSPS) is 10.2. The smallest absolute Gasteiger partial charge is 0.267 e. The average Bonchev–Trinajstić information content (AvgIpc) is 2.08. The SMILES string of the molecule is CCc1c(Cl)n[nH]c(=O)c1CC. The Balaban J connectivity index is 3.39. The van der Waals surface area contributed by atoms with Gasteiger partial charge in [0, 0.05) is 5.56 Å². The van der Waals surface area contributed by atoms with Gasteiger partial charge in [0.15, 0.2) is 5.15 Å². The van der Waals surface area contributed by atoms with Gasteiger partial charge in [-0.15, -0.1) is 0 Å². The summed E-state index contributed by atoms with van der Waals surface area (Å²) in [6.07, 6.45) is 1.44. The van der Waals surface area contributed by atoms with Gasteiger partial charge >= 0.3 is 0 Å². The number of H-pyrrole nitrogens is 1. The molecular weight excluding hydrogens is 176 g/mol. The Morgan fingerprint density at radius 2 is 1.92 bits per heavy atom. The molecule has 1 N–H and O–H groups in total. The Morgan fingerprint density at radius 1 is 1.33 bits per heavy atom. The van der Waals surface area contributed by atoms with Crippen molar-refractivity contribution in [3.8, 4) is 0 Å². The third kappa shape index (κ3) is 1.50. The third-order valence-electron chi connectivity index (χ3n) is 1.85. The summed E-state index contributed by atoms with van der Waals surface area (Å²) in [6.45, 7) is 3.89. The van der Waals surface area contributed by atoms with Crippen LogP contribution in [0, 0.1) is 0 Å². The summed E-state index contributed by atoms with van der Waals surface area (Å²) in [5, 5.41) is 6.45. The van der Waals surface area contributed by atoms with E-state index in [4.69, 9.17) is 11.6 Å². The van der Waals surface area contributed by atoms with E-state index >= 15 is 0 Å². The molecule has 66 valence electrons. The molecule has 1 rings (SSSR count). The molecule has 4 heteroatoms. The lowest BCUT2D eigenvalue weighted by atomic mass is 10.1. The van der Waals surface area contributed by atoms with Crippen molar-refractivity contribution in [2.45, 2.75) is 26.7 Å². The van der Waals surface area contributed by atoms with Crippen LogP contribution in [0.1, 0.15) is 25.0 Å². The maximum atomic E-state index is 11.2. The van der Waals surface area contributed by atoms with Gasteiger partial charge in [-0.05, 0) is 18.4 Å². The second-order valence-corrected chi connectivity index (χ2v) is 2.87. The van der Waals surface area contributed by atoms with Gasteiger partial charge in [0.05, 0.1) is 0 Å². The summed E-state index contributed by atoms with van der Waals surface area (Å²) in [5.41, 5.74) is 1.49. The van der Waals surface area contributed by atoms with E-state index in [9.17, 15) is 4.79 Å². The molecule has 1 aromatic rings. The van der Waals surface area contributed by atoms with Crippen molar-refractivity contribution in [1.29, 1.82) is 0 Å². The fourth-order valence-electron chi connectivity index (χ4n) is 1.23.